The second kappa shape index (κ2) is 8.83. The smallest absolute Gasteiger partial charge is 0.251 e. The Balaban J connectivity index is 1.73. The maximum Gasteiger partial charge on any atom is 0.251 e. The van der Waals surface area contributed by atoms with Crippen LogP contribution in [0.15, 0.2) is 29.2 Å². The number of amides is 1. The van der Waals surface area contributed by atoms with Gasteiger partial charge in [0.1, 0.15) is 13.2 Å². The molecule has 0 spiro atoms. The Kier molecular flexibility index (Phi) is 6.59. The number of rotatable bonds is 6. The molecule has 0 bridgehead atoms. The van der Waals surface area contributed by atoms with E-state index in [1.807, 2.05) is 6.07 Å². The Labute approximate surface area is 182 Å². The van der Waals surface area contributed by atoms with Crippen molar-refractivity contribution in [1.82, 2.24) is 9.62 Å². The van der Waals surface area contributed by atoms with Crippen LogP contribution in [0.4, 0.5) is 0 Å². The van der Waals surface area contributed by atoms with Crippen molar-refractivity contribution in [3.63, 3.8) is 0 Å². The van der Waals surface area contributed by atoms with E-state index in [1.165, 1.54) is 20.2 Å². The number of carbonyl (C=O) groups is 1. The molecule has 0 saturated carbocycles. The standard InChI is InChI=1S/C21H25ClN2O5S/c1-13-9-16(12-19(14(13)2)30(26,27)24(3)4)21(25)23-6-5-15-10-17(22)20-18(11-15)28-7-8-29-20/h9-12H,5-8H2,1-4H3,(H,23,25). The van der Waals surface area contributed by atoms with Crippen LogP contribution in [0, 0.1) is 13.8 Å². The lowest BCUT2D eigenvalue weighted by Crippen LogP contribution is -2.27. The second-order valence-corrected chi connectivity index (χ2v) is 9.84. The zero-order valence-corrected chi connectivity index (χ0v) is 19.0. The van der Waals surface area contributed by atoms with Crippen LogP contribution in [-0.4, -0.2) is 52.5 Å². The van der Waals surface area contributed by atoms with Crippen LogP contribution in [0.25, 0.3) is 0 Å². The van der Waals surface area contributed by atoms with E-state index in [2.05, 4.69) is 5.32 Å². The first-order valence-electron chi connectivity index (χ1n) is 9.51. The van der Waals surface area contributed by atoms with Crippen LogP contribution in [0.2, 0.25) is 5.02 Å². The summed E-state index contributed by atoms with van der Waals surface area (Å²) in [5.41, 5.74) is 2.58. The molecular formula is C21H25ClN2O5S. The van der Waals surface area contributed by atoms with Gasteiger partial charge in [0.05, 0.1) is 9.92 Å². The van der Waals surface area contributed by atoms with Gasteiger partial charge in [-0.2, -0.15) is 0 Å². The minimum Gasteiger partial charge on any atom is -0.486 e. The highest BCUT2D eigenvalue weighted by Crippen LogP contribution is 2.38. The molecule has 0 unspecified atom stereocenters. The number of carbonyl (C=O) groups excluding carboxylic acids is 1. The van der Waals surface area contributed by atoms with Crippen molar-refractivity contribution in [2.24, 2.45) is 0 Å². The monoisotopic (exact) mass is 452 g/mol. The van der Waals surface area contributed by atoms with Crippen LogP contribution in [0.1, 0.15) is 27.0 Å². The summed E-state index contributed by atoms with van der Waals surface area (Å²) in [6.45, 7) is 4.81. The number of sulfonamides is 1. The molecule has 9 heteroatoms. The molecule has 162 valence electrons. The van der Waals surface area contributed by atoms with Crippen molar-refractivity contribution >= 4 is 27.5 Å². The minimum absolute atomic E-state index is 0.135. The summed E-state index contributed by atoms with van der Waals surface area (Å²) in [5.74, 6) is 0.806. The minimum atomic E-state index is -3.65. The molecule has 1 heterocycles. The second-order valence-electron chi connectivity index (χ2n) is 7.31. The van der Waals surface area contributed by atoms with E-state index < -0.39 is 10.0 Å². The number of fused-ring (bicyclic) bond motifs is 1. The predicted molar refractivity (Wildman–Crippen MR) is 115 cm³/mol. The van der Waals surface area contributed by atoms with Gasteiger partial charge >= 0.3 is 0 Å². The number of ether oxygens (including phenoxy) is 2. The van der Waals surface area contributed by atoms with Gasteiger partial charge in [-0.25, -0.2) is 12.7 Å². The van der Waals surface area contributed by atoms with Gasteiger partial charge in [-0.15, -0.1) is 0 Å². The van der Waals surface area contributed by atoms with Gasteiger partial charge < -0.3 is 14.8 Å². The summed E-state index contributed by atoms with van der Waals surface area (Å²) in [6, 6.07) is 6.76. The zero-order valence-electron chi connectivity index (χ0n) is 17.4. The molecule has 0 atom stereocenters. The van der Waals surface area contributed by atoms with E-state index in [1.54, 1.807) is 26.0 Å². The molecule has 0 aromatic heterocycles. The lowest BCUT2D eigenvalue weighted by Gasteiger charge is -2.20. The molecule has 2 aromatic carbocycles. The van der Waals surface area contributed by atoms with Crippen molar-refractivity contribution < 1.29 is 22.7 Å². The van der Waals surface area contributed by atoms with Gasteiger partial charge in [0.15, 0.2) is 11.5 Å². The van der Waals surface area contributed by atoms with Gasteiger partial charge in [0, 0.05) is 26.2 Å². The Bertz CT molecular complexity index is 1080. The zero-order chi connectivity index (χ0) is 22.1. The number of nitrogens with zero attached hydrogens (tertiary/aromatic N) is 1. The van der Waals surface area contributed by atoms with Crippen LogP contribution in [-0.2, 0) is 16.4 Å². The number of aryl methyl sites for hydroxylation is 1. The maximum absolute atomic E-state index is 12.7. The average molecular weight is 453 g/mol. The fraction of sp³-hybridized carbons (Fsp3) is 0.381. The Morgan fingerprint density at radius 1 is 1.13 bits per heavy atom. The van der Waals surface area contributed by atoms with Gasteiger partial charge in [0.2, 0.25) is 10.0 Å². The normalized spacial score (nSPS) is 13.4. The molecule has 0 fully saturated rings. The van der Waals surface area contributed by atoms with E-state index in [0.717, 1.165) is 15.4 Å². The molecule has 1 aliphatic heterocycles. The molecule has 1 N–H and O–H groups in total. The average Bonchev–Trinajstić information content (AvgIpc) is 2.69. The van der Waals surface area contributed by atoms with Gasteiger partial charge in [0.25, 0.3) is 5.91 Å². The number of benzene rings is 2. The van der Waals surface area contributed by atoms with Crippen LogP contribution in [0.3, 0.4) is 0 Å². The summed E-state index contributed by atoms with van der Waals surface area (Å²) < 4.78 is 37.4. The van der Waals surface area contributed by atoms with E-state index in [4.69, 9.17) is 21.1 Å². The topological polar surface area (TPSA) is 84.9 Å². The summed E-state index contributed by atoms with van der Waals surface area (Å²) in [4.78, 5) is 12.8. The van der Waals surface area contributed by atoms with Crippen molar-refractivity contribution in [3.05, 3.63) is 51.5 Å². The molecule has 3 rings (SSSR count). The fourth-order valence-corrected chi connectivity index (χ4v) is 4.66. The fourth-order valence-electron chi connectivity index (χ4n) is 3.15. The van der Waals surface area contributed by atoms with Gasteiger partial charge in [-0.05, 0) is 61.2 Å². The SMILES string of the molecule is Cc1cc(C(=O)NCCc2cc(Cl)c3c(c2)OCCO3)cc(S(=O)(=O)N(C)C)c1C. The third-order valence-corrected chi connectivity index (χ3v) is 7.22. The Morgan fingerprint density at radius 2 is 1.83 bits per heavy atom. The van der Waals surface area contributed by atoms with Crippen molar-refractivity contribution in [2.45, 2.75) is 25.2 Å². The van der Waals surface area contributed by atoms with Gasteiger partial charge in [-0.3, -0.25) is 4.79 Å². The Hall–Kier alpha value is -2.29. The molecular weight excluding hydrogens is 428 g/mol. The predicted octanol–water partition coefficient (Wildman–Crippen LogP) is 2.95. The number of halogens is 1. The third kappa shape index (κ3) is 4.55. The number of nitrogens with one attached hydrogen (secondary N) is 1. The highest BCUT2D eigenvalue weighted by Gasteiger charge is 2.23. The van der Waals surface area contributed by atoms with E-state index in [9.17, 15) is 13.2 Å². The number of hydrogen-bond donors (Lipinski definition) is 1. The summed E-state index contributed by atoms with van der Waals surface area (Å²) in [7, 11) is -0.715. The highest BCUT2D eigenvalue weighted by atomic mass is 35.5. The van der Waals surface area contributed by atoms with Gasteiger partial charge in [-0.1, -0.05) is 11.6 Å². The van der Waals surface area contributed by atoms with Crippen molar-refractivity contribution in [2.75, 3.05) is 33.9 Å². The van der Waals surface area contributed by atoms with Crippen molar-refractivity contribution in [3.8, 4) is 11.5 Å². The lowest BCUT2D eigenvalue weighted by atomic mass is 10.1. The molecule has 7 nitrogen and oxygen atoms in total. The maximum atomic E-state index is 12.7. The highest BCUT2D eigenvalue weighted by molar-refractivity contribution is 7.89. The largest absolute Gasteiger partial charge is 0.486 e. The summed E-state index contributed by atoms with van der Waals surface area (Å²) in [6.07, 6.45) is 0.537. The summed E-state index contributed by atoms with van der Waals surface area (Å²) >= 11 is 6.25. The van der Waals surface area contributed by atoms with E-state index in [0.29, 0.717) is 53.8 Å². The van der Waals surface area contributed by atoms with Crippen molar-refractivity contribution in [1.29, 1.82) is 0 Å². The first-order chi connectivity index (χ1) is 14.1. The molecule has 1 aliphatic rings. The first-order valence-corrected chi connectivity index (χ1v) is 11.3. The first kappa shape index (κ1) is 22.4. The van der Waals surface area contributed by atoms with Crippen LogP contribution in [0.5, 0.6) is 11.5 Å². The number of hydrogen-bond acceptors (Lipinski definition) is 5. The quantitative estimate of drug-likeness (QED) is 0.728. The molecule has 1 amide bonds. The summed E-state index contributed by atoms with van der Waals surface area (Å²) in [5, 5.41) is 3.31. The van der Waals surface area contributed by atoms with E-state index >= 15 is 0 Å². The molecule has 30 heavy (non-hydrogen) atoms. The Morgan fingerprint density at radius 3 is 2.53 bits per heavy atom. The van der Waals surface area contributed by atoms with Crippen LogP contribution < -0.4 is 14.8 Å². The lowest BCUT2D eigenvalue weighted by molar-refractivity contribution is 0.0954. The third-order valence-electron chi connectivity index (χ3n) is 5.00. The molecule has 0 radical (unpaired) electrons. The van der Waals surface area contributed by atoms with E-state index in [-0.39, 0.29) is 10.8 Å². The van der Waals surface area contributed by atoms with Crippen LogP contribution >= 0.6 is 11.6 Å². The molecule has 2 aromatic rings. The molecule has 0 aliphatic carbocycles. The molecule has 0 saturated heterocycles.